The standard InChI is InChI=1S/C21H23ClN2O/c1-4-17(25-18-9-7-6-8-14(18)3)21-20(23-19(5-2)24-21)15-10-12-16(22)13-11-15/h6-13,17H,4-5H2,1-3H3,(H,23,24). The Labute approximate surface area is 154 Å². The monoisotopic (exact) mass is 354 g/mol. The number of hydrogen-bond donors (Lipinski definition) is 1. The lowest BCUT2D eigenvalue weighted by molar-refractivity contribution is 0.196. The van der Waals surface area contributed by atoms with Crippen molar-refractivity contribution < 1.29 is 4.74 Å². The largest absolute Gasteiger partial charge is 0.484 e. The summed E-state index contributed by atoms with van der Waals surface area (Å²) < 4.78 is 6.33. The molecule has 3 nitrogen and oxygen atoms in total. The van der Waals surface area contributed by atoms with E-state index in [1.807, 2.05) is 42.5 Å². The molecule has 0 saturated heterocycles. The van der Waals surface area contributed by atoms with Crippen molar-refractivity contribution in [2.75, 3.05) is 0 Å². The molecule has 4 heteroatoms. The van der Waals surface area contributed by atoms with Gasteiger partial charge in [0.15, 0.2) is 0 Å². The Morgan fingerprint density at radius 3 is 2.44 bits per heavy atom. The van der Waals surface area contributed by atoms with E-state index in [0.29, 0.717) is 0 Å². The summed E-state index contributed by atoms with van der Waals surface area (Å²) in [7, 11) is 0. The predicted octanol–water partition coefficient (Wildman–Crippen LogP) is 6.13. The first-order valence-corrected chi connectivity index (χ1v) is 9.07. The van der Waals surface area contributed by atoms with Crippen molar-refractivity contribution in [3.63, 3.8) is 0 Å². The van der Waals surface area contributed by atoms with Crippen molar-refractivity contribution in [1.82, 2.24) is 9.97 Å². The molecule has 1 heterocycles. The quantitative estimate of drug-likeness (QED) is 0.578. The first kappa shape index (κ1) is 17.6. The summed E-state index contributed by atoms with van der Waals surface area (Å²) in [4.78, 5) is 8.25. The van der Waals surface area contributed by atoms with Crippen molar-refractivity contribution in [1.29, 1.82) is 0 Å². The molecule has 2 aromatic carbocycles. The molecule has 0 saturated carbocycles. The highest BCUT2D eigenvalue weighted by Crippen LogP contribution is 2.33. The zero-order valence-corrected chi connectivity index (χ0v) is 15.6. The van der Waals surface area contributed by atoms with E-state index in [1.165, 1.54) is 0 Å². The van der Waals surface area contributed by atoms with Crippen LogP contribution in [0.25, 0.3) is 11.3 Å². The van der Waals surface area contributed by atoms with Crippen LogP contribution in [0.15, 0.2) is 48.5 Å². The number of aromatic amines is 1. The molecule has 0 aliphatic carbocycles. The lowest BCUT2D eigenvalue weighted by atomic mass is 10.1. The third kappa shape index (κ3) is 3.88. The van der Waals surface area contributed by atoms with Crippen molar-refractivity contribution in [3.05, 3.63) is 70.6 Å². The minimum Gasteiger partial charge on any atom is -0.484 e. The van der Waals surface area contributed by atoms with Crippen LogP contribution in [-0.4, -0.2) is 9.97 Å². The fourth-order valence-electron chi connectivity index (χ4n) is 2.85. The molecule has 1 aromatic heterocycles. The summed E-state index contributed by atoms with van der Waals surface area (Å²) in [5.74, 6) is 1.87. The van der Waals surface area contributed by atoms with E-state index < -0.39 is 0 Å². The molecule has 3 aromatic rings. The third-order valence-electron chi connectivity index (χ3n) is 4.29. The highest BCUT2D eigenvalue weighted by molar-refractivity contribution is 6.30. The van der Waals surface area contributed by atoms with Crippen LogP contribution >= 0.6 is 11.6 Å². The molecule has 0 aliphatic rings. The van der Waals surface area contributed by atoms with Gasteiger partial charge >= 0.3 is 0 Å². The summed E-state index contributed by atoms with van der Waals surface area (Å²) in [5.41, 5.74) is 4.13. The average molecular weight is 355 g/mol. The molecule has 0 amide bonds. The Morgan fingerprint density at radius 2 is 1.80 bits per heavy atom. The zero-order chi connectivity index (χ0) is 17.8. The highest BCUT2D eigenvalue weighted by atomic mass is 35.5. The molecule has 0 bridgehead atoms. The van der Waals surface area contributed by atoms with E-state index in [-0.39, 0.29) is 6.10 Å². The molecule has 3 rings (SSSR count). The number of ether oxygens (including phenoxy) is 1. The third-order valence-corrected chi connectivity index (χ3v) is 4.54. The van der Waals surface area contributed by atoms with Crippen LogP contribution in [0.3, 0.4) is 0 Å². The molecule has 1 unspecified atom stereocenters. The zero-order valence-electron chi connectivity index (χ0n) is 14.8. The smallest absolute Gasteiger partial charge is 0.140 e. The van der Waals surface area contributed by atoms with Crippen LogP contribution in [0.5, 0.6) is 5.75 Å². The molecule has 25 heavy (non-hydrogen) atoms. The van der Waals surface area contributed by atoms with Gasteiger partial charge in [0.1, 0.15) is 17.7 Å². The van der Waals surface area contributed by atoms with E-state index in [1.54, 1.807) is 0 Å². The molecule has 0 fully saturated rings. The van der Waals surface area contributed by atoms with E-state index in [2.05, 4.69) is 31.8 Å². The van der Waals surface area contributed by atoms with Crippen molar-refractivity contribution in [3.8, 4) is 17.0 Å². The number of rotatable bonds is 6. The molecule has 1 atom stereocenters. The summed E-state index contributed by atoms with van der Waals surface area (Å²) in [6, 6.07) is 15.9. The first-order valence-electron chi connectivity index (χ1n) is 8.69. The Hall–Kier alpha value is -2.26. The fraction of sp³-hybridized carbons (Fsp3) is 0.286. The number of halogens is 1. The van der Waals surface area contributed by atoms with E-state index in [0.717, 1.165) is 52.0 Å². The van der Waals surface area contributed by atoms with Gasteiger partial charge in [0.05, 0.1) is 11.4 Å². The maximum Gasteiger partial charge on any atom is 0.140 e. The van der Waals surface area contributed by atoms with Crippen molar-refractivity contribution in [2.24, 2.45) is 0 Å². The number of imidazole rings is 1. The number of aromatic nitrogens is 2. The summed E-state index contributed by atoms with van der Waals surface area (Å²) >= 11 is 6.03. The van der Waals surface area contributed by atoms with Crippen LogP contribution in [-0.2, 0) is 6.42 Å². The average Bonchev–Trinajstić information content (AvgIpc) is 3.06. The van der Waals surface area contributed by atoms with Gasteiger partial charge in [-0.25, -0.2) is 4.98 Å². The number of H-pyrrole nitrogens is 1. The number of aryl methyl sites for hydroxylation is 2. The summed E-state index contributed by atoms with van der Waals surface area (Å²) in [6.45, 7) is 6.28. The maximum absolute atomic E-state index is 6.33. The number of benzene rings is 2. The molecule has 1 N–H and O–H groups in total. The lowest BCUT2D eigenvalue weighted by Gasteiger charge is -2.19. The normalized spacial score (nSPS) is 12.2. The Balaban J connectivity index is 2.00. The highest BCUT2D eigenvalue weighted by Gasteiger charge is 2.21. The SMILES string of the molecule is CCc1nc(-c2ccc(Cl)cc2)c(C(CC)Oc2ccccc2C)[nH]1. The number of nitrogens with one attached hydrogen (secondary N) is 1. The van der Waals surface area contributed by atoms with E-state index in [4.69, 9.17) is 21.3 Å². The summed E-state index contributed by atoms with van der Waals surface area (Å²) in [6.07, 6.45) is 1.61. The first-order chi connectivity index (χ1) is 12.1. The van der Waals surface area contributed by atoms with Crippen molar-refractivity contribution in [2.45, 2.75) is 39.7 Å². The van der Waals surface area contributed by atoms with Gasteiger partial charge in [0.25, 0.3) is 0 Å². The number of hydrogen-bond acceptors (Lipinski definition) is 2. The van der Waals surface area contributed by atoms with Gasteiger partial charge in [-0.2, -0.15) is 0 Å². The van der Waals surface area contributed by atoms with E-state index in [9.17, 15) is 0 Å². The van der Waals surface area contributed by atoms with Gasteiger partial charge in [0.2, 0.25) is 0 Å². The number of nitrogens with zero attached hydrogens (tertiary/aromatic N) is 1. The van der Waals surface area contributed by atoms with Gasteiger partial charge in [-0.05, 0) is 37.1 Å². The van der Waals surface area contributed by atoms with Crippen LogP contribution in [0, 0.1) is 6.92 Å². The molecular formula is C21H23ClN2O. The maximum atomic E-state index is 6.33. The second-order valence-corrected chi connectivity index (χ2v) is 6.52. The second-order valence-electron chi connectivity index (χ2n) is 6.09. The molecular weight excluding hydrogens is 332 g/mol. The molecule has 0 spiro atoms. The predicted molar refractivity (Wildman–Crippen MR) is 103 cm³/mol. The van der Waals surface area contributed by atoms with Crippen molar-refractivity contribution >= 4 is 11.6 Å². The van der Waals surface area contributed by atoms with Gasteiger partial charge in [-0.15, -0.1) is 0 Å². The molecule has 0 aliphatic heterocycles. The van der Waals surface area contributed by atoms with Crippen LogP contribution in [0.1, 0.15) is 43.5 Å². The second kappa shape index (κ2) is 7.75. The van der Waals surface area contributed by atoms with Crippen LogP contribution < -0.4 is 4.74 Å². The molecule has 130 valence electrons. The molecule has 0 radical (unpaired) electrons. The minimum absolute atomic E-state index is 0.0837. The number of para-hydroxylation sites is 1. The van der Waals surface area contributed by atoms with E-state index >= 15 is 0 Å². The Bertz CT molecular complexity index is 839. The van der Waals surface area contributed by atoms with Gasteiger partial charge < -0.3 is 9.72 Å². The topological polar surface area (TPSA) is 37.9 Å². The van der Waals surface area contributed by atoms with Gasteiger partial charge in [-0.1, -0.05) is 55.8 Å². The minimum atomic E-state index is -0.0837. The fourth-order valence-corrected chi connectivity index (χ4v) is 2.98. The summed E-state index contributed by atoms with van der Waals surface area (Å²) in [5, 5.41) is 0.722. The van der Waals surface area contributed by atoms with Gasteiger partial charge in [-0.3, -0.25) is 0 Å². The Morgan fingerprint density at radius 1 is 1.08 bits per heavy atom. The van der Waals surface area contributed by atoms with Gasteiger partial charge in [0, 0.05) is 17.0 Å². The van der Waals surface area contributed by atoms with Crippen LogP contribution in [0.4, 0.5) is 0 Å². The lowest BCUT2D eigenvalue weighted by Crippen LogP contribution is -2.09. The van der Waals surface area contributed by atoms with Crippen LogP contribution in [0.2, 0.25) is 5.02 Å². The Kier molecular flexibility index (Phi) is 5.44.